The zero-order valence-corrected chi connectivity index (χ0v) is 17.9. The lowest BCUT2D eigenvalue weighted by Gasteiger charge is -2.30. The van der Waals surface area contributed by atoms with Crippen molar-refractivity contribution in [1.82, 2.24) is 9.55 Å². The van der Waals surface area contributed by atoms with E-state index >= 15 is 0 Å². The molecule has 174 valence electrons. The molecule has 0 saturated carbocycles. The molecular weight excluding hydrogens is 454 g/mol. The van der Waals surface area contributed by atoms with Gasteiger partial charge in [0.1, 0.15) is 24.1 Å². The molecule has 16 nitrogen and oxygen atoms in total. The molecule has 0 bridgehead atoms. The molecule has 1 aromatic heterocycles. The van der Waals surface area contributed by atoms with Gasteiger partial charge in [-0.1, -0.05) is 0 Å². The van der Waals surface area contributed by atoms with Crippen LogP contribution < -0.4 is 16.3 Å². The minimum Gasteiger partial charge on any atom is -0.752 e. The summed E-state index contributed by atoms with van der Waals surface area (Å²) in [5, 5.41) is 20.1. The molecule has 30 heavy (non-hydrogen) atoms. The number of quaternary nitrogens is 1. The van der Waals surface area contributed by atoms with E-state index in [1.807, 2.05) is 0 Å². The smallest absolute Gasteiger partial charge is 0.478 e. The Morgan fingerprint density at radius 3 is 2.47 bits per heavy atom. The normalized spacial score (nSPS) is 28.4. The third kappa shape index (κ3) is 7.16. The predicted molar refractivity (Wildman–Crippen MR) is 96.0 cm³/mol. The highest BCUT2D eigenvalue weighted by Gasteiger charge is 2.45. The van der Waals surface area contributed by atoms with Crippen molar-refractivity contribution in [3.8, 4) is 0 Å². The first kappa shape index (κ1) is 26.8. The van der Waals surface area contributed by atoms with Crippen molar-refractivity contribution < 1.29 is 57.4 Å². The van der Waals surface area contributed by atoms with E-state index in [1.54, 1.807) is 0 Å². The van der Waals surface area contributed by atoms with Crippen molar-refractivity contribution in [2.75, 3.05) is 33.5 Å². The van der Waals surface area contributed by atoms with Crippen LogP contribution in [-0.4, -0.2) is 80.8 Å². The maximum atomic E-state index is 11.9. The van der Waals surface area contributed by atoms with Crippen molar-refractivity contribution >= 4 is 21.5 Å². The summed E-state index contributed by atoms with van der Waals surface area (Å²) in [4.78, 5) is 36.6. The van der Waals surface area contributed by atoms with Gasteiger partial charge in [0.2, 0.25) is 0 Å². The van der Waals surface area contributed by atoms with Crippen LogP contribution in [0.5, 0.6) is 0 Å². The van der Waals surface area contributed by atoms with Crippen LogP contribution in [0.1, 0.15) is 6.23 Å². The Hall–Kier alpha value is -1.26. The first-order chi connectivity index (χ1) is 13.1. The van der Waals surface area contributed by atoms with Crippen molar-refractivity contribution in [3.05, 3.63) is 22.7 Å². The quantitative estimate of drug-likeness (QED) is 0.164. The lowest BCUT2D eigenvalue weighted by atomic mass is 10.1. The maximum Gasteiger partial charge on any atom is 0.478 e. The zero-order valence-electron chi connectivity index (χ0n) is 16.1. The molecule has 1 fully saturated rings. The predicted octanol–water partition coefficient (Wildman–Crippen LogP) is -3.14. The minimum atomic E-state index is -5.23. The number of hydrogen-bond acceptors (Lipinski definition) is 12. The number of nitrogens with zero attached hydrogens (tertiary/aromatic N) is 3. The first-order valence-electron chi connectivity index (χ1n) is 7.99. The van der Waals surface area contributed by atoms with Gasteiger partial charge in [0.15, 0.2) is 6.23 Å². The summed E-state index contributed by atoms with van der Waals surface area (Å²) in [5.74, 6) is -0.0734. The van der Waals surface area contributed by atoms with Crippen molar-refractivity contribution in [2.45, 2.75) is 24.5 Å². The molecule has 0 aliphatic carbocycles. The largest absolute Gasteiger partial charge is 0.752 e. The Kier molecular flexibility index (Phi) is 8.46. The highest BCUT2D eigenvalue weighted by molar-refractivity contribution is 7.60. The van der Waals surface area contributed by atoms with Gasteiger partial charge in [0.25, 0.3) is 0 Å². The molecular formula is C12H24N4O12P2. The number of aliphatic hydroxyl groups is 2. The van der Waals surface area contributed by atoms with E-state index in [0.29, 0.717) is 0 Å². The van der Waals surface area contributed by atoms with Gasteiger partial charge in [-0.3, -0.25) is 13.7 Å². The number of hydroxylamine groups is 3. The summed E-state index contributed by atoms with van der Waals surface area (Å²) in [6.07, 6.45) is -4.91. The Balaban J connectivity index is 0.00000450. The van der Waals surface area contributed by atoms with Crippen molar-refractivity contribution in [2.24, 2.45) is 0 Å². The van der Waals surface area contributed by atoms with Crippen molar-refractivity contribution in [1.29, 1.82) is 0 Å². The lowest BCUT2D eigenvalue weighted by Crippen LogP contribution is -2.36. The fourth-order valence-corrected chi connectivity index (χ4v) is 4.60. The Labute approximate surface area is 170 Å². The van der Waals surface area contributed by atoms with Gasteiger partial charge >= 0.3 is 21.3 Å². The van der Waals surface area contributed by atoms with E-state index in [1.165, 1.54) is 33.4 Å². The summed E-state index contributed by atoms with van der Waals surface area (Å²) in [6.45, 7) is -0.857. The topological polar surface area (TPSA) is 247 Å². The Bertz CT molecular complexity index is 889. The minimum absolute atomic E-state index is 0. The van der Waals surface area contributed by atoms with E-state index < -0.39 is 57.1 Å². The Morgan fingerprint density at radius 1 is 1.33 bits per heavy atom. The summed E-state index contributed by atoms with van der Waals surface area (Å²) in [7, 11) is -6.47. The van der Waals surface area contributed by atoms with Crippen molar-refractivity contribution in [3.63, 3.8) is 0 Å². The number of aromatic nitrogens is 2. The summed E-state index contributed by atoms with van der Waals surface area (Å²) < 4.78 is 42.1. The maximum absolute atomic E-state index is 11.9. The molecule has 0 amide bonds. The lowest BCUT2D eigenvalue weighted by molar-refractivity contribution is -1.04. The van der Waals surface area contributed by atoms with Gasteiger partial charge < -0.3 is 35.9 Å². The summed E-state index contributed by atoms with van der Waals surface area (Å²) >= 11 is 0. The van der Waals surface area contributed by atoms with Gasteiger partial charge in [-0.05, 0) is 6.07 Å². The fraction of sp³-hybridized carbons (Fsp3) is 0.667. The van der Waals surface area contributed by atoms with Gasteiger partial charge in [-0.2, -0.15) is 9.63 Å². The fourth-order valence-electron chi connectivity index (χ4n) is 2.35. The highest BCUT2D eigenvalue weighted by atomic mass is 31.3. The molecule has 0 radical (unpaired) electrons. The third-order valence-corrected chi connectivity index (χ3v) is 6.20. The number of hydrogen-bond donors (Lipinski definition) is 4. The molecule has 1 aliphatic rings. The number of aliphatic hydroxyl groups excluding tert-OH is 2. The van der Waals surface area contributed by atoms with E-state index in [9.17, 15) is 33.9 Å². The van der Waals surface area contributed by atoms with Crippen LogP contribution in [0.2, 0.25) is 0 Å². The average molecular weight is 478 g/mol. The monoisotopic (exact) mass is 478 g/mol. The van der Waals surface area contributed by atoms with Crippen LogP contribution in [-0.2, 0) is 27.3 Å². The molecule has 1 aromatic rings. The number of ether oxygens (including phenoxy) is 1. The van der Waals surface area contributed by atoms with Crippen LogP contribution in [0.15, 0.2) is 17.1 Å². The van der Waals surface area contributed by atoms with Crippen LogP contribution in [0.25, 0.3) is 0 Å². The average Bonchev–Trinajstić information content (AvgIpc) is 2.78. The second kappa shape index (κ2) is 9.48. The van der Waals surface area contributed by atoms with Crippen LogP contribution in [0, 0.1) is 0 Å². The SMILES string of the molecule is C[N+](C)(C)OP(=O)([O-])OP(=O)(O)OC[C@H]1O[C@@H](n2ccc(N)nc2=O)[C@H](O)[C@@H]1O.O. The molecule has 2 heterocycles. The van der Waals surface area contributed by atoms with E-state index in [0.717, 1.165) is 4.57 Å². The highest BCUT2D eigenvalue weighted by Crippen LogP contribution is 2.59. The van der Waals surface area contributed by atoms with Crippen LogP contribution in [0.4, 0.5) is 5.82 Å². The summed E-state index contributed by atoms with van der Waals surface area (Å²) in [5.41, 5.74) is 4.50. The van der Waals surface area contributed by atoms with E-state index in [-0.39, 0.29) is 11.3 Å². The molecule has 0 spiro atoms. The standard InChI is InChI=1S/C12H22N4O11P2.H2O/c1-16(2,3)26-29(22,23)27-28(20,21)24-6-7-9(17)10(18)11(25-7)15-5-4-8(13)14-12(15)19;/h4-5,7,9-11,17-18H,6H2,1-3H3,(H3-,13,14,19,20,21,22,23);1H2/t7-,9-,10-,11-;/m1./s1. The molecule has 0 aromatic carbocycles. The number of nitrogens with two attached hydrogens (primary N) is 1. The second-order valence-corrected chi connectivity index (χ2v) is 9.76. The zero-order chi connectivity index (χ0) is 22.2. The number of nitrogen functional groups attached to an aromatic ring is 1. The molecule has 2 rings (SSSR count). The van der Waals surface area contributed by atoms with Crippen LogP contribution >= 0.6 is 15.6 Å². The second-order valence-electron chi connectivity index (χ2n) is 6.85. The van der Waals surface area contributed by atoms with Gasteiger partial charge in [0.05, 0.1) is 27.7 Å². The third-order valence-electron chi connectivity index (χ3n) is 3.41. The van der Waals surface area contributed by atoms with E-state index in [4.69, 9.17) is 10.5 Å². The van der Waals surface area contributed by atoms with Gasteiger partial charge in [0, 0.05) is 6.20 Å². The molecule has 2 unspecified atom stereocenters. The number of phosphoric acid groups is 2. The molecule has 7 N–H and O–H groups in total. The van der Waals surface area contributed by atoms with Crippen LogP contribution in [0.3, 0.4) is 0 Å². The number of anilines is 1. The number of phosphoric ester groups is 1. The Morgan fingerprint density at radius 2 is 1.93 bits per heavy atom. The van der Waals surface area contributed by atoms with E-state index in [2.05, 4.69) is 18.4 Å². The summed E-state index contributed by atoms with van der Waals surface area (Å²) in [6, 6.07) is 1.25. The first-order valence-corrected chi connectivity index (χ1v) is 10.9. The van der Waals surface area contributed by atoms with Gasteiger partial charge in [-0.15, -0.1) is 4.62 Å². The molecule has 1 saturated heterocycles. The number of rotatable bonds is 8. The molecule has 1 aliphatic heterocycles. The van der Waals surface area contributed by atoms with Gasteiger partial charge in [-0.25, -0.2) is 13.7 Å². The molecule has 18 heteroatoms. The molecule has 6 atom stereocenters.